The fourth-order valence-corrected chi connectivity index (χ4v) is 3.77. The van der Waals surface area contributed by atoms with Gasteiger partial charge in [-0.1, -0.05) is 0 Å². The van der Waals surface area contributed by atoms with Crippen molar-refractivity contribution in [2.75, 3.05) is 64.8 Å². The maximum atomic E-state index is 12.6. The van der Waals surface area contributed by atoms with Crippen LogP contribution in [0.15, 0.2) is 17.1 Å². The zero-order valence-electron chi connectivity index (χ0n) is 16.9. The molecule has 2 saturated heterocycles. The van der Waals surface area contributed by atoms with E-state index in [0.29, 0.717) is 23.7 Å². The van der Waals surface area contributed by atoms with Crippen molar-refractivity contribution >= 4 is 17.8 Å². The third-order valence-corrected chi connectivity index (χ3v) is 5.65. The van der Waals surface area contributed by atoms with Crippen molar-refractivity contribution in [1.82, 2.24) is 15.5 Å². The molecule has 0 aliphatic carbocycles. The number of rotatable bonds is 7. The topological polar surface area (TPSA) is 92.0 Å². The minimum Gasteiger partial charge on any atom is -0.398 e. The van der Waals surface area contributed by atoms with Gasteiger partial charge in [0.05, 0.1) is 13.2 Å². The van der Waals surface area contributed by atoms with Gasteiger partial charge in [0.25, 0.3) is 5.91 Å². The highest BCUT2D eigenvalue weighted by Gasteiger charge is 2.15. The number of morpholine rings is 1. The van der Waals surface area contributed by atoms with E-state index in [1.807, 2.05) is 13.1 Å². The largest absolute Gasteiger partial charge is 0.398 e. The number of benzene rings is 1. The Morgan fingerprint density at radius 3 is 2.86 bits per heavy atom. The summed E-state index contributed by atoms with van der Waals surface area (Å²) in [6.45, 7) is 9.76. The number of anilines is 1. The molecule has 2 fully saturated rings. The van der Waals surface area contributed by atoms with Gasteiger partial charge in [-0.25, -0.2) is 0 Å². The average molecular weight is 388 g/mol. The number of nitrogens with one attached hydrogen (secondary N) is 2. The van der Waals surface area contributed by atoms with Crippen LogP contribution in [-0.2, 0) is 4.74 Å². The van der Waals surface area contributed by atoms with Crippen LogP contribution < -0.4 is 16.4 Å². The van der Waals surface area contributed by atoms with Crippen LogP contribution in [0, 0.1) is 12.8 Å². The first-order chi connectivity index (χ1) is 13.6. The maximum absolute atomic E-state index is 12.6. The zero-order valence-corrected chi connectivity index (χ0v) is 16.9. The van der Waals surface area contributed by atoms with Crippen molar-refractivity contribution in [1.29, 1.82) is 0 Å². The van der Waals surface area contributed by atoms with Crippen LogP contribution in [-0.4, -0.2) is 76.0 Å². The number of nitrogens with two attached hydrogens (primary N) is 1. The van der Waals surface area contributed by atoms with E-state index in [-0.39, 0.29) is 5.91 Å². The molecule has 28 heavy (non-hydrogen) atoms. The van der Waals surface area contributed by atoms with E-state index in [4.69, 9.17) is 10.5 Å². The second-order valence-corrected chi connectivity index (χ2v) is 7.64. The fourth-order valence-electron chi connectivity index (χ4n) is 3.77. The minimum absolute atomic E-state index is 0.0567. The summed E-state index contributed by atoms with van der Waals surface area (Å²) in [6, 6.07) is 3.61. The van der Waals surface area contributed by atoms with Gasteiger partial charge in [-0.3, -0.25) is 14.7 Å². The Labute approximate surface area is 167 Å². The van der Waals surface area contributed by atoms with E-state index in [9.17, 15) is 4.79 Å². The summed E-state index contributed by atoms with van der Waals surface area (Å²) in [6.07, 6.45) is 4.17. The van der Waals surface area contributed by atoms with E-state index in [1.165, 1.54) is 0 Å². The Balaban J connectivity index is 1.56. The standard InChI is InChI=1S/C21H33N5O2/c1-16-18(21(27)25-8-9-26-10-12-28-13-11-26)2-3-20(22)19(16)15-24-14-17-4-6-23-7-5-17/h2-3,15,17,23H,4-14,22H2,1H3,(H,25,27). The van der Waals surface area contributed by atoms with Crippen molar-refractivity contribution in [3.63, 3.8) is 0 Å². The predicted octanol–water partition coefficient (Wildman–Crippen LogP) is 1.06. The lowest BCUT2D eigenvalue weighted by Crippen LogP contribution is -2.41. The van der Waals surface area contributed by atoms with E-state index in [1.54, 1.807) is 12.1 Å². The summed E-state index contributed by atoms with van der Waals surface area (Å²) < 4.78 is 5.35. The molecule has 154 valence electrons. The Morgan fingerprint density at radius 1 is 1.36 bits per heavy atom. The summed E-state index contributed by atoms with van der Waals surface area (Å²) in [4.78, 5) is 19.6. The molecule has 0 atom stereocenters. The third kappa shape index (κ3) is 5.77. The summed E-state index contributed by atoms with van der Waals surface area (Å²) >= 11 is 0. The highest BCUT2D eigenvalue weighted by atomic mass is 16.5. The lowest BCUT2D eigenvalue weighted by molar-refractivity contribution is 0.0383. The number of carbonyl (C=O) groups excluding carboxylic acids is 1. The first kappa shape index (κ1) is 20.8. The quantitative estimate of drug-likeness (QED) is 0.481. The SMILES string of the molecule is Cc1c(C(=O)NCCN2CCOCC2)ccc(N)c1C=NCC1CCNCC1. The number of aliphatic imine (C=N–C) groups is 1. The van der Waals surface area contributed by atoms with Crippen LogP contribution in [0.1, 0.15) is 34.3 Å². The van der Waals surface area contributed by atoms with Crippen LogP contribution in [0.25, 0.3) is 0 Å². The first-order valence-corrected chi connectivity index (χ1v) is 10.3. The van der Waals surface area contributed by atoms with Gasteiger partial charge in [0.2, 0.25) is 0 Å². The van der Waals surface area contributed by atoms with Gasteiger partial charge in [-0.2, -0.15) is 0 Å². The number of carbonyl (C=O) groups is 1. The zero-order chi connectivity index (χ0) is 19.8. The molecule has 2 heterocycles. The maximum Gasteiger partial charge on any atom is 0.251 e. The molecule has 1 aromatic carbocycles. The Morgan fingerprint density at radius 2 is 2.11 bits per heavy atom. The molecule has 0 unspecified atom stereocenters. The molecule has 3 rings (SSSR count). The van der Waals surface area contributed by atoms with Crippen molar-refractivity contribution in [2.24, 2.45) is 10.9 Å². The summed E-state index contributed by atoms with van der Waals surface area (Å²) in [7, 11) is 0. The van der Waals surface area contributed by atoms with E-state index >= 15 is 0 Å². The summed E-state index contributed by atoms with van der Waals surface area (Å²) in [5.41, 5.74) is 9.23. The molecule has 0 aromatic heterocycles. The van der Waals surface area contributed by atoms with Gasteiger partial charge in [-0.05, 0) is 56.5 Å². The lowest BCUT2D eigenvalue weighted by Gasteiger charge is -2.26. The average Bonchev–Trinajstić information content (AvgIpc) is 2.72. The molecule has 2 aliphatic heterocycles. The third-order valence-electron chi connectivity index (χ3n) is 5.65. The van der Waals surface area contributed by atoms with Crippen molar-refractivity contribution in [3.05, 3.63) is 28.8 Å². The number of nitrogens with zero attached hydrogens (tertiary/aromatic N) is 2. The number of hydrogen-bond acceptors (Lipinski definition) is 6. The van der Waals surface area contributed by atoms with Crippen LogP contribution in [0.5, 0.6) is 0 Å². The van der Waals surface area contributed by atoms with E-state index < -0.39 is 0 Å². The number of amides is 1. The normalized spacial score (nSPS) is 19.2. The lowest BCUT2D eigenvalue weighted by atomic mass is 9.98. The smallest absolute Gasteiger partial charge is 0.251 e. The monoisotopic (exact) mass is 387 g/mol. The second kappa shape index (κ2) is 10.5. The molecule has 2 aliphatic rings. The van der Waals surface area contributed by atoms with Crippen LogP contribution in [0.4, 0.5) is 5.69 Å². The fraction of sp³-hybridized carbons (Fsp3) is 0.619. The predicted molar refractivity (Wildman–Crippen MR) is 113 cm³/mol. The van der Waals surface area contributed by atoms with Crippen molar-refractivity contribution in [3.8, 4) is 0 Å². The molecule has 0 spiro atoms. The molecule has 7 nitrogen and oxygen atoms in total. The molecule has 1 aromatic rings. The summed E-state index contributed by atoms with van der Waals surface area (Å²) in [5, 5.41) is 6.40. The van der Waals surface area contributed by atoms with Gasteiger partial charge in [-0.15, -0.1) is 0 Å². The Bertz CT molecular complexity index is 680. The van der Waals surface area contributed by atoms with E-state index in [0.717, 1.165) is 76.5 Å². The number of nitrogen functional groups attached to an aromatic ring is 1. The molecule has 1 amide bonds. The Hall–Kier alpha value is -1.96. The number of ether oxygens (including phenoxy) is 1. The molecule has 4 N–H and O–H groups in total. The van der Waals surface area contributed by atoms with Gasteiger partial charge in [0.1, 0.15) is 0 Å². The molecule has 0 saturated carbocycles. The van der Waals surface area contributed by atoms with Gasteiger partial charge in [0.15, 0.2) is 0 Å². The highest BCUT2D eigenvalue weighted by Crippen LogP contribution is 2.20. The van der Waals surface area contributed by atoms with Crippen LogP contribution in [0.3, 0.4) is 0 Å². The molecular weight excluding hydrogens is 354 g/mol. The van der Waals surface area contributed by atoms with Gasteiger partial charge >= 0.3 is 0 Å². The highest BCUT2D eigenvalue weighted by molar-refractivity contribution is 6.00. The Kier molecular flexibility index (Phi) is 7.82. The molecule has 0 bridgehead atoms. The molecule has 7 heteroatoms. The van der Waals surface area contributed by atoms with Crippen LogP contribution >= 0.6 is 0 Å². The van der Waals surface area contributed by atoms with Crippen molar-refractivity contribution < 1.29 is 9.53 Å². The van der Waals surface area contributed by atoms with Crippen LogP contribution in [0.2, 0.25) is 0 Å². The van der Waals surface area contributed by atoms with Gasteiger partial charge in [0, 0.05) is 55.8 Å². The van der Waals surface area contributed by atoms with Crippen molar-refractivity contribution in [2.45, 2.75) is 19.8 Å². The minimum atomic E-state index is -0.0567. The first-order valence-electron chi connectivity index (χ1n) is 10.3. The molecule has 0 radical (unpaired) electrons. The molecular formula is C21H33N5O2. The van der Waals surface area contributed by atoms with E-state index in [2.05, 4.69) is 20.5 Å². The van der Waals surface area contributed by atoms with Gasteiger partial charge < -0.3 is 21.1 Å². The number of hydrogen-bond donors (Lipinski definition) is 3. The summed E-state index contributed by atoms with van der Waals surface area (Å²) in [5.74, 6) is 0.574. The second-order valence-electron chi connectivity index (χ2n) is 7.64. The number of piperidine rings is 1.